The monoisotopic (exact) mass is 504 g/mol. The van der Waals surface area contributed by atoms with Crippen molar-refractivity contribution in [3.8, 4) is 0 Å². The summed E-state index contributed by atoms with van der Waals surface area (Å²) in [6, 6.07) is 10.8. The summed E-state index contributed by atoms with van der Waals surface area (Å²) in [4.78, 5) is 49.4. The topological polar surface area (TPSA) is 140 Å². The molecule has 0 bridgehead atoms. The fourth-order valence-electron chi connectivity index (χ4n) is 4.18. The summed E-state index contributed by atoms with van der Waals surface area (Å²) in [5.41, 5.74) is 0.179. The van der Waals surface area contributed by atoms with Gasteiger partial charge in [0.2, 0.25) is 23.6 Å². The smallest absolute Gasteiger partial charge is 0.353 e. The number of halogens is 3. The van der Waals surface area contributed by atoms with Crippen molar-refractivity contribution in [3.63, 3.8) is 0 Å². The zero-order valence-corrected chi connectivity index (χ0v) is 18.9. The minimum absolute atomic E-state index is 0.0974. The summed E-state index contributed by atoms with van der Waals surface area (Å²) in [6.45, 7) is 1.36. The highest BCUT2D eigenvalue weighted by molar-refractivity contribution is 6.00. The number of alkyl halides is 3. The fourth-order valence-corrected chi connectivity index (χ4v) is 4.18. The van der Waals surface area contributed by atoms with Crippen LogP contribution in [0, 0.1) is 11.8 Å². The molecule has 0 spiro atoms. The van der Waals surface area contributed by atoms with Crippen LogP contribution >= 0.6 is 0 Å². The van der Waals surface area contributed by atoms with Gasteiger partial charge in [0, 0.05) is 30.4 Å². The molecule has 2 aliphatic heterocycles. The van der Waals surface area contributed by atoms with Gasteiger partial charge in [0.1, 0.15) is 0 Å². The molecular formula is C23H23F3N6O4. The molecule has 13 heteroatoms. The molecule has 36 heavy (non-hydrogen) atoms. The third-order valence-electron chi connectivity index (χ3n) is 5.76. The summed E-state index contributed by atoms with van der Waals surface area (Å²) < 4.78 is 39.0. The molecule has 4 rings (SSSR count). The number of carbonyl (C=O) groups excluding carboxylic acids is 4. The van der Waals surface area contributed by atoms with E-state index in [0.29, 0.717) is 11.4 Å². The van der Waals surface area contributed by atoms with E-state index in [2.05, 4.69) is 31.9 Å². The minimum Gasteiger partial charge on any atom is -0.353 e. The predicted molar refractivity (Wildman–Crippen MR) is 123 cm³/mol. The van der Waals surface area contributed by atoms with Crippen LogP contribution in [0.1, 0.15) is 18.9 Å². The first-order valence-corrected chi connectivity index (χ1v) is 11.0. The predicted octanol–water partition coefficient (Wildman–Crippen LogP) is 1.80. The number of carbonyl (C=O) groups is 4. The van der Waals surface area contributed by atoms with Gasteiger partial charge < -0.3 is 26.6 Å². The van der Waals surface area contributed by atoms with Crippen LogP contribution in [-0.2, 0) is 25.4 Å². The molecule has 2 heterocycles. The maximum Gasteiger partial charge on any atom is 0.416 e. The summed E-state index contributed by atoms with van der Waals surface area (Å²) in [5, 5.41) is 16.2. The highest BCUT2D eigenvalue weighted by Crippen LogP contribution is 2.31. The SMILES string of the molecule is CC(=O)Nc1ccc(NC(=O)C2CC(=O)NC3NC(Nc4cccc(C(F)(F)F)c4)NC(=O)C32)cc1. The number of nitrogens with one attached hydrogen (secondary N) is 6. The van der Waals surface area contributed by atoms with Gasteiger partial charge in [0.15, 0.2) is 6.29 Å². The number of amides is 4. The van der Waals surface area contributed by atoms with Crippen LogP contribution in [0.5, 0.6) is 0 Å². The second-order valence-corrected chi connectivity index (χ2v) is 8.46. The van der Waals surface area contributed by atoms with Crippen molar-refractivity contribution in [2.75, 3.05) is 16.0 Å². The molecule has 2 saturated heterocycles. The third-order valence-corrected chi connectivity index (χ3v) is 5.76. The number of piperidine rings is 1. The highest BCUT2D eigenvalue weighted by atomic mass is 19.4. The van der Waals surface area contributed by atoms with E-state index in [-0.39, 0.29) is 18.0 Å². The van der Waals surface area contributed by atoms with Gasteiger partial charge in [-0.05, 0) is 42.5 Å². The van der Waals surface area contributed by atoms with E-state index in [1.54, 1.807) is 24.3 Å². The molecule has 4 amide bonds. The van der Waals surface area contributed by atoms with Crippen LogP contribution in [0.4, 0.5) is 30.2 Å². The Bertz CT molecular complexity index is 1190. The summed E-state index contributed by atoms with van der Waals surface area (Å²) in [5.74, 6) is -3.76. The maximum atomic E-state index is 13.0. The average Bonchev–Trinajstić information content (AvgIpc) is 2.79. The second kappa shape index (κ2) is 9.85. The van der Waals surface area contributed by atoms with Crippen molar-refractivity contribution in [2.45, 2.75) is 32.0 Å². The number of hydrogen-bond acceptors (Lipinski definition) is 6. The zero-order valence-electron chi connectivity index (χ0n) is 18.9. The Morgan fingerprint density at radius 3 is 2.25 bits per heavy atom. The van der Waals surface area contributed by atoms with Crippen LogP contribution < -0.4 is 31.9 Å². The van der Waals surface area contributed by atoms with Gasteiger partial charge in [-0.2, -0.15) is 13.2 Å². The van der Waals surface area contributed by atoms with E-state index < -0.39 is 53.8 Å². The first-order chi connectivity index (χ1) is 17.0. The van der Waals surface area contributed by atoms with Crippen LogP contribution in [0.25, 0.3) is 0 Å². The van der Waals surface area contributed by atoms with Crippen molar-refractivity contribution in [2.24, 2.45) is 11.8 Å². The quantitative estimate of drug-likeness (QED) is 0.367. The maximum absolute atomic E-state index is 13.0. The first kappa shape index (κ1) is 25.0. The van der Waals surface area contributed by atoms with Gasteiger partial charge in [-0.3, -0.25) is 24.5 Å². The average molecular weight is 504 g/mol. The largest absolute Gasteiger partial charge is 0.416 e. The van der Waals surface area contributed by atoms with Crippen molar-refractivity contribution < 1.29 is 32.3 Å². The van der Waals surface area contributed by atoms with E-state index in [1.807, 2.05) is 0 Å². The van der Waals surface area contributed by atoms with Gasteiger partial charge >= 0.3 is 6.18 Å². The van der Waals surface area contributed by atoms with Gasteiger partial charge in [0.25, 0.3) is 0 Å². The molecule has 6 N–H and O–H groups in total. The molecule has 2 aromatic carbocycles. The Balaban J connectivity index is 1.44. The molecule has 2 aromatic rings. The molecular weight excluding hydrogens is 481 g/mol. The molecule has 0 aromatic heterocycles. The van der Waals surface area contributed by atoms with Gasteiger partial charge in [-0.25, -0.2) is 0 Å². The first-order valence-electron chi connectivity index (χ1n) is 11.0. The van der Waals surface area contributed by atoms with E-state index in [9.17, 15) is 32.3 Å². The van der Waals surface area contributed by atoms with Crippen molar-refractivity contribution in [3.05, 3.63) is 54.1 Å². The van der Waals surface area contributed by atoms with Crippen LogP contribution in [0.15, 0.2) is 48.5 Å². The third kappa shape index (κ3) is 5.74. The molecule has 4 atom stereocenters. The normalized spacial score (nSPS) is 23.6. The Morgan fingerprint density at radius 1 is 0.944 bits per heavy atom. The zero-order chi connectivity index (χ0) is 26.0. The second-order valence-electron chi connectivity index (χ2n) is 8.46. The summed E-state index contributed by atoms with van der Waals surface area (Å²) >= 11 is 0. The summed E-state index contributed by atoms with van der Waals surface area (Å²) in [6.07, 6.45) is -6.68. The van der Waals surface area contributed by atoms with E-state index in [1.165, 1.54) is 19.1 Å². The van der Waals surface area contributed by atoms with Gasteiger partial charge in [-0.15, -0.1) is 0 Å². The molecule has 190 valence electrons. The molecule has 4 unspecified atom stereocenters. The van der Waals surface area contributed by atoms with Crippen LogP contribution in [0.2, 0.25) is 0 Å². The Labute approximate surface area is 203 Å². The highest BCUT2D eigenvalue weighted by Gasteiger charge is 2.48. The van der Waals surface area contributed by atoms with E-state index in [0.717, 1.165) is 12.1 Å². The number of anilines is 3. The Kier molecular flexibility index (Phi) is 6.84. The lowest BCUT2D eigenvalue weighted by Gasteiger charge is -2.43. The Hall–Kier alpha value is -4.13. The van der Waals surface area contributed by atoms with Crippen LogP contribution in [-0.4, -0.2) is 36.1 Å². The number of fused-ring (bicyclic) bond motifs is 1. The lowest BCUT2D eigenvalue weighted by molar-refractivity contribution is -0.144. The van der Waals surface area contributed by atoms with Gasteiger partial charge in [-0.1, -0.05) is 6.07 Å². The molecule has 0 radical (unpaired) electrons. The number of benzene rings is 2. The summed E-state index contributed by atoms with van der Waals surface area (Å²) in [7, 11) is 0. The van der Waals surface area contributed by atoms with E-state index >= 15 is 0 Å². The molecule has 10 nitrogen and oxygen atoms in total. The molecule has 0 saturated carbocycles. The van der Waals surface area contributed by atoms with Gasteiger partial charge in [0.05, 0.1) is 23.6 Å². The van der Waals surface area contributed by atoms with Crippen LogP contribution in [0.3, 0.4) is 0 Å². The fraction of sp³-hybridized carbons (Fsp3) is 0.304. The number of rotatable bonds is 5. The lowest BCUT2D eigenvalue weighted by atomic mass is 9.81. The molecule has 2 aliphatic rings. The van der Waals surface area contributed by atoms with Crippen molar-refractivity contribution in [1.82, 2.24) is 16.0 Å². The minimum atomic E-state index is -4.53. The standard InChI is InChI=1S/C23H23F3N6O4/c1-11(33)27-13-5-7-14(8-6-13)28-20(35)16-10-17(34)30-19-18(16)21(36)32-22(31-19)29-15-4-2-3-12(9-15)23(24,25)26/h2-9,16,18-19,22,29,31H,10H2,1H3,(H,27,33)(H,28,35)(H,30,34)(H,32,36). The number of hydrogen-bond donors (Lipinski definition) is 6. The lowest BCUT2D eigenvalue weighted by Crippen LogP contribution is -2.72. The van der Waals surface area contributed by atoms with Crippen molar-refractivity contribution >= 4 is 40.7 Å². The van der Waals surface area contributed by atoms with Crippen molar-refractivity contribution in [1.29, 1.82) is 0 Å². The Morgan fingerprint density at radius 2 is 1.61 bits per heavy atom. The molecule has 2 fully saturated rings. The van der Waals surface area contributed by atoms with E-state index in [4.69, 9.17) is 0 Å². The molecule has 0 aliphatic carbocycles.